The molecule has 7 heteroatoms. The van der Waals surface area contributed by atoms with E-state index in [2.05, 4.69) is 10.6 Å². The van der Waals surface area contributed by atoms with Crippen molar-refractivity contribution < 1.29 is 14.4 Å². The first-order chi connectivity index (χ1) is 14.8. The minimum Gasteiger partial charge on any atom is -0.366 e. The van der Waals surface area contributed by atoms with E-state index in [4.69, 9.17) is 17.3 Å². The van der Waals surface area contributed by atoms with Crippen LogP contribution < -0.4 is 16.4 Å². The van der Waals surface area contributed by atoms with Gasteiger partial charge >= 0.3 is 0 Å². The van der Waals surface area contributed by atoms with Crippen LogP contribution in [0.2, 0.25) is 5.02 Å². The van der Waals surface area contributed by atoms with Gasteiger partial charge in [0, 0.05) is 11.3 Å². The Hall–Kier alpha value is -3.64. The summed E-state index contributed by atoms with van der Waals surface area (Å²) in [6, 6.07) is 20.3. The lowest BCUT2D eigenvalue weighted by Crippen LogP contribution is -2.31. The van der Waals surface area contributed by atoms with E-state index in [1.807, 2.05) is 30.3 Å². The molecule has 0 saturated heterocycles. The number of benzene rings is 3. The standard InChI is InChI=1S/C24H22ClN3O3/c1-15-13-17(11-12-18(15)23(26)30)27-22(29)14-21(16-7-3-2-4-8-16)28-24(31)19-9-5-6-10-20(19)25/h2-13,21H,14H2,1H3,(H2,26,30)(H,27,29)(H,28,31). The molecule has 3 aromatic carbocycles. The van der Waals surface area contributed by atoms with E-state index in [-0.39, 0.29) is 18.2 Å². The molecule has 0 saturated carbocycles. The van der Waals surface area contributed by atoms with E-state index < -0.39 is 11.9 Å². The molecule has 6 nitrogen and oxygen atoms in total. The van der Waals surface area contributed by atoms with E-state index in [1.165, 1.54) is 0 Å². The van der Waals surface area contributed by atoms with Crippen LogP contribution in [-0.4, -0.2) is 17.7 Å². The van der Waals surface area contributed by atoms with E-state index in [0.717, 1.165) is 5.56 Å². The molecule has 3 rings (SSSR count). The molecular formula is C24H22ClN3O3. The maximum Gasteiger partial charge on any atom is 0.253 e. The van der Waals surface area contributed by atoms with Crippen LogP contribution in [0.25, 0.3) is 0 Å². The van der Waals surface area contributed by atoms with Gasteiger partial charge in [0.25, 0.3) is 5.91 Å². The van der Waals surface area contributed by atoms with Gasteiger partial charge < -0.3 is 16.4 Å². The molecule has 0 radical (unpaired) electrons. The highest BCUT2D eigenvalue weighted by Gasteiger charge is 2.20. The molecule has 158 valence electrons. The fourth-order valence-corrected chi connectivity index (χ4v) is 3.46. The lowest BCUT2D eigenvalue weighted by Gasteiger charge is -2.19. The third-order valence-electron chi connectivity index (χ3n) is 4.79. The predicted octanol–water partition coefficient (Wildman–Crippen LogP) is 4.25. The number of anilines is 1. The average molecular weight is 436 g/mol. The first-order valence-corrected chi connectivity index (χ1v) is 10.0. The summed E-state index contributed by atoms with van der Waals surface area (Å²) in [5, 5.41) is 6.04. The molecule has 0 bridgehead atoms. The fraction of sp³-hybridized carbons (Fsp3) is 0.125. The van der Waals surface area contributed by atoms with Crippen molar-refractivity contribution in [3.05, 3.63) is 100 Å². The van der Waals surface area contributed by atoms with Crippen LogP contribution in [0.1, 0.15) is 44.3 Å². The summed E-state index contributed by atoms with van der Waals surface area (Å²) in [5.41, 5.74) is 8.05. The normalized spacial score (nSPS) is 11.4. The Kier molecular flexibility index (Phi) is 7.05. The van der Waals surface area contributed by atoms with Crippen molar-refractivity contribution in [2.45, 2.75) is 19.4 Å². The Bertz CT molecular complexity index is 1120. The molecule has 0 heterocycles. The van der Waals surface area contributed by atoms with Crippen LogP contribution in [0, 0.1) is 6.92 Å². The van der Waals surface area contributed by atoms with Crippen molar-refractivity contribution in [3.8, 4) is 0 Å². The van der Waals surface area contributed by atoms with Gasteiger partial charge in [-0.2, -0.15) is 0 Å². The summed E-state index contributed by atoms with van der Waals surface area (Å²) in [6.45, 7) is 1.74. The number of hydrogen-bond acceptors (Lipinski definition) is 3. The molecule has 4 N–H and O–H groups in total. The number of nitrogens with one attached hydrogen (secondary N) is 2. The van der Waals surface area contributed by atoms with Crippen LogP contribution in [0.4, 0.5) is 5.69 Å². The number of aryl methyl sites for hydroxylation is 1. The zero-order valence-corrected chi connectivity index (χ0v) is 17.6. The number of halogens is 1. The maximum absolute atomic E-state index is 12.8. The number of amides is 3. The lowest BCUT2D eigenvalue weighted by atomic mass is 10.0. The molecule has 31 heavy (non-hydrogen) atoms. The van der Waals surface area contributed by atoms with Crippen LogP contribution >= 0.6 is 11.6 Å². The summed E-state index contributed by atoms with van der Waals surface area (Å²) in [6.07, 6.45) is 0.0107. The number of rotatable bonds is 7. The smallest absolute Gasteiger partial charge is 0.253 e. The van der Waals surface area contributed by atoms with Gasteiger partial charge in [-0.15, -0.1) is 0 Å². The van der Waals surface area contributed by atoms with Crippen molar-refractivity contribution in [2.75, 3.05) is 5.32 Å². The van der Waals surface area contributed by atoms with Crippen LogP contribution in [0.15, 0.2) is 72.8 Å². The Morgan fingerprint density at radius 2 is 1.61 bits per heavy atom. The second kappa shape index (κ2) is 9.91. The third-order valence-corrected chi connectivity index (χ3v) is 5.12. The summed E-state index contributed by atoms with van der Waals surface area (Å²) >= 11 is 6.14. The Labute approximate surface area is 185 Å². The Morgan fingerprint density at radius 3 is 2.26 bits per heavy atom. The zero-order chi connectivity index (χ0) is 22.4. The molecule has 0 aliphatic carbocycles. The van der Waals surface area contributed by atoms with Gasteiger partial charge in [-0.3, -0.25) is 14.4 Å². The highest BCUT2D eigenvalue weighted by atomic mass is 35.5. The lowest BCUT2D eigenvalue weighted by molar-refractivity contribution is -0.116. The van der Waals surface area contributed by atoms with Crippen LogP contribution in [0.5, 0.6) is 0 Å². The Morgan fingerprint density at radius 1 is 0.935 bits per heavy atom. The Balaban J connectivity index is 1.77. The van der Waals surface area contributed by atoms with Gasteiger partial charge in [0.15, 0.2) is 0 Å². The summed E-state index contributed by atoms with van der Waals surface area (Å²) < 4.78 is 0. The summed E-state index contributed by atoms with van der Waals surface area (Å²) in [5.74, 6) is -1.18. The van der Waals surface area contributed by atoms with Crippen LogP contribution in [-0.2, 0) is 4.79 Å². The molecule has 0 aliphatic heterocycles. The maximum atomic E-state index is 12.8. The highest BCUT2D eigenvalue weighted by Crippen LogP contribution is 2.22. The number of nitrogens with two attached hydrogens (primary N) is 1. The summed E-state index contributed by atoms with van der Waals surface area (Å²) in [4.78, 5) is 36.9. The van der Waals surface area contributed by atoms with E-state index in [9.17, 15) is 14.4 Å². The monoisotopic (exact) mass is 435 g/mol. The van der Waals surface area contributed by atoms with E-state index >= 15 is 0 Å². The van der Waals surface area contributed by atoms with Gasteiger partial charge in [0.1, 0.15) is 0 Å². The number of carbonyl (C=O) groups is 3. The molecule has 1 atom stereocenters. The molecular weight excluding hydrogens is 414 g/mol. The van der Waals surface area contributed by atoms with Crippen LogP contribution in [0.3, 0.4) is 0 Å². The van der Waals surface area contributed by atoms with Crippen molar-refractivity contribution in [1.29, 1.82) is 0 Å². The molecule has 3 aromatic rings. The third kappa shape index (κ3) is 5.71. The SMILES string of the molecule is Cc1cc(NC(=O)CC(NC(=O)c2ccccc2Cl)c2ccccc2)ccc1C(N)=O. The first kappa shape index (κ1) is 22.1. The minimum atomic E-state index is -0.559. The molecule has 1 unspecified atom stereocenters. The largest absolute Gasteiger partial charge is 0.366 e. The van der Waals surface area contributed by atoms with Crippen molar-refractivity contribution in [3.63, 3.8) is 0 Å². The van der Waals surface area contributed by atoms with E-state index in [0.29, 0.717) is 27.4 Å². The average Bonchev–Trinajstić information content (AvgIpc) is 2.74. The van der Waals surface area contributed by atoms with Gasteiger partial charge in [-0.05, 0) is 48.4 Å². The van der Waals surface area contributed by atoms with Gasteiger partial charge in [-0.25, -0.2) is 0 Å². The highest BCUT2D eigenvalue weighted by molar-refractivity contribution is 6.33. The summed E-state index contributed by atoms with van der Waals surface area (Å²) in [7, 11) is 0. The second-order valence-electron chi connectivity index (χ2n) is 7.06. The van der Waals surface area contributed by atoms with Crippen molar-refractivity contribution in [1.82, 2.24) is 5.32 Å². The second-order valence-corrected chi connectivity index (χ2v) is 7.47. The number of hydrogen-bond donors (Lipinski definition) is 3. The molecule has 0 spiro atoms. The molecule has 3 amide bonds. The van der Waals surface area contributed by atoms with Gasteiger partial charge in [0.2, 0.25) is 11.8 Å². The minimum absolute atomic E-state index is 0.0107. The molecule has 0 fully saturated rings. The number of carbonyl (C=O) groups excluding carboxylic acids is 3. The van der Waals surface area contributed by atoms with Crippen molar-refractivity contribution >= 4 is 35.0 Å². The topological polar surface area (TPSA) is 101 Å². The van der Waals surface area contributed by atoms with Gasteiger partial charge in [0.05, 0.1) is 23.0 Å². The first-order valence-electron chi connectivity index (χ1n) is 9.66. The van der Waals surface area contributed by atoms with Gasteiger partial charge in [-0.1, -0.05) is 54.1 Å². The fourth-order valence-electron chi connectivity index (χ4n) is 3.23. The predicted molar refractivity (Wildman–Crippen MR) is 121 cm³/mol. The molecule has 0 aliphatic rings. The van der Waals surface area contributed by atoms with Crippen molar-refractivity contribution in [2.24, 2.45) is 5.73 Å². The molecule has 0 aromatic heterocycles. The zero-order valence-electron chi connectivity index (χ0n) is 16.9. The number of primary amides is 1. The quantitative estimate of drug-likeness (QED) is 0.517. The van der Waals surface area contributed by atoms with E-state index in [1.54, 1.807) is 49.4 Å².